The third kappa shape index (κ3) is 8.87. The molecule has 0 aromatic heterocycles. The van der Waals surface area contributed by atoms with Crippen molar-refractivity contribution in [3.05, 3.63) is 94.0 Å². The van der Waals surface area contributed by atoms with Gasteiger partial charge in [-0.3, -0.25) is 13.9 Å². The largest absolute Gasteiger partial charge is 0.489 e. The summed E-state index contributed by atoms with van der Waals surface area (Å²) < 4.78 is 32.8. The van der Waals surface area contributed by atoms with Crippen molar-refractivity contribution in [2.75, 3.05) is 17.1 Å². The highest BCUT2D eigenvalue weighted by Crippen LogP contribution is 2.28. The van der Waals surface area contributed by atoms with E-state index >= 15 is 0 Å². The van der Waals surface area contributed by atoms with Crippen LogP contribution >= 0.6 is 23.2 Å². The van der Waals surface area contributed by atoms with E-state index in [0.29, 0.717) is 40.1 Å². The summed E-state index contributed by atoms with van der Waals surface area (Å²) in [4.78, 5) is 28.9. The van der Waals surface area contributed by atoms with Crippen LogP contribution in [0.4, 0.5) is 5.69 Å². The zero-order valence-electron chi connectivity index (χ0n) is 24.3. The predicted molar refractivity (Wildman–Crippen MR) is 171 cm³/mol. The van der Waals surface area contributed by atoms with Gasteiger partial charge in [0.1, 0.15) is 24.9 Å². The average Bonchev–Trinajstić information content (AvgIpc) is 3.49. The molecule has 1 saturated carbocycles. The molecule has 0 aliphatic heterocycles. The molecule has 0 radical (unpaired) electrons. The summed E-state index contributed by atoms with van der Waals surface area (Å²) in [6.45, 7) is 1.60. The number of rotatable bonds is 13. The Hall–Kier alpha value is -3.27. The van der Waals surface area contributed by atoms with Crippen LogP contribution in [0.2, 0.25) is 10.0 Å². The average molecular weight is 647 g/mol. The summed E-state index contributed by atoms with van der Waals surface area (Å²) in [5.41, 5.74) is 1.77. The summed E-state index contributed by atoms with van der Waals surface area (Å²) in [5, 5.41) is 3.78. The second kappa shape index (κ2) is 14.9. The van der Waals surface area contributed by atoms with E-state index < -0.39 is 28.5 Å². The standard InChI is InChI=1S/C32H37Cl2N3O5S/c1-3-30(32(39)35-24-12-7-8-13-24)36(20-27-28(33)14-9-15-29(27)34)31(38)21-37(43(2,40)41)25-16-18-26(19-17-25)42-22-23-10-5-4-6-11-23/h4-6,9-11,14-19,24,30H,3,7-8,12-13,20-22H2,1-2H3,(H,35,39). The number of nitrogens with zero attached hydrogens (tertiary/aromatic N) is 2. The van der Waals surface area contributed by atoms with Crippen LogP contribution in [0.5, 0.6) is 5.75 Å². The Morgan fingerprint density at radius 3 is 2.16 bits per heavy atom. The number of hydrogen-bond acceptors (Lipinski definition) is 5. The molecular formula is C32H37Cl2N3O5S. The Kier molecular flexibility index (Phi) is 11.3. The van der Waals surface area contributed by atoms with Crippen LogP contribution in [0.3, 0.4) is 0 Å². The van der Waals surface area contributed by atoms with Gasteiger partial charge in [0, 0.05) is 28.2 Å². The van der Waals surface area contributed by atoms with E-state index in [-0.39, 0.29) is 18.5 Å². The molecule has 3 aromatic rings. The normalized spacial score (nSPS) is 14.2. The second-order valence-electron chi connectivity index (χ2n) is 10.7. The Balaban J connectivity index is 1.58. The van der Waals surface area contributed by atoms with Crippen LogP contribution < -0.4 is 14.4 Å². The number of carbonyl (C=O) groups excluding carboxylic acids is 2. The van der Waals surface area contributed by atoms with E-state index in [1.165, 1.54) is 4.90 Å². The number of amides is 2. The fourth-order valence-electron chi connectivity index (χ4n) is 5.20. The van der Waals surface area contributed by atoms with Gasteiger partial charge >= 0.3 is 0 Å². The lowest BCUT2D eigenvalue weighted by atomic mass is 10.1. The van der Waals surface area contributed by atoms with Gasteiger partial charge in [0.25, 0.3) is 0 Å². The van der Waals surface area contributed by atoms with Crippen molar-refractivity contribution in [2.45, 2.75) is 64.3 Å². The number of sulfonamides is 1. The van der Waals surface area contributed by atoms with Gasteiger partial charge in [0.2, 0.25) is 21.8 Å². The first-order valence-corrected chi connectivity index (χ1v) is 16.9. The minimum absolute atomic E-state index is 0.0533. The molecule has 230 valence electrons. The number of anilines is 1. The number of benzene rings is 3. The summed E-state index contributed by atoms with van der Waals surface area (Å²) in [5.74, 6) is -0.284. The van der Waals surface area contributed by atoms with E-state index in [1.807, 2.05) is 37.3 Å². The summed E-state index contributed by atoms with van der Waals surface area (Å²) in [6.07, 6.45) is 5.22. The van der Waals surface area contributed by atoms with E-state index in [2.05, 4.69) is 5.32 Å². The zero-order chi connectivity index (χ0) is 31.0. The van der Waals surface area contributed by atoms with Crippen LogP contribution in [-0.4, -0.2) is 50.0 Å². The molecule has 1 unspecified atom stereocenters. The molecule has 0 saturated heterocycles. The van der Waals surface area contributed by atoms with Crippen LogP contribution in [0.25, 0.3) is 0 Å². The number of hydrogen-bond donors (Lipinski definition) is 1. The summed E-state index contributed by atoms with van der Waals surface area (Å²) in [7, 11) is -3.88. The highest BCUT2D eigenvalue weighted by molar-refractivity contribution is 7.92. The van der Waals surface area contributed by atoms with E-state index in [9.17, 15) is 18.0 Å². The molecular weight excluding hydrogens is 609 g/mol. The Bertz CT molecular complexity index is 1480. The van der Waals surface area contributed by atoms with Gasteiger partial charge in [-0.05, 0) is 61.2 Å². The Morgan fingerprint density at radius 2 is 1.58 bits per heavy atom. The van der Waals surface area contributed by atoms with Crippen LogP contribution in [0, 0.1) is 0 Å². The van der Waals surface area contributed by atoms with Gasteiger partial charge in [-0.2, -0.15) is 0 Å². The van der Waals surface area contributed by atoms with Crippen molar-refractivity contribution in [1.82, 2.24) is 10.2 Å². The first-order valence-electron chi connectivity index (χ1n) is 14.3. The van der Waals surface area contributed by atoms with Crippen LogP contribution in [-0.2, 0) is 32.8 Å². The van der Waals surface area contributed by atoms with Gasteiger partial charge in [-0.15, -0.1) is 0 Å². The van der Waals surface area contributed by atoms with Crippen molar-refractivity contribution < 1.29 is 22.7 Å². The summed E-state index contributed by atoms with van der Waals surface area (Å²) in [6, 6.07) is 20.4. The SMILES string of the molecule is CCC(C(=O)NC1CCCC1)N(Cc1c(Cl)cccc1Cl)C(=O)CN(c1ccc(OCc2ccccc2)cc1)S(C)(=O)=O. The number of carbonyl (C=O) groups is 2. The molecule has 1 N–H and O–H groups in total. The molecule has 1 aliphatic carbocycles. The number of ether oxygens (including phenoxy) is 1. The molecule has 3 aromatic carbocycles. The maximum atomic E-state index is 14.0. The van der Waals surface area contributed by atoms with Crippen LogP contribution in [0.15, 0.2) is 72.8 Å². The zero-order valence-corrected chi connectivity index (χ0v) is 26.7. The molecule has 0 bridgehead atoms. The smallest absolute Gasteiger partial charge is 0.244 e. The Morgan fingerprint density at radius 1 is 0.953 bits per heavy atom. The van der Waals surface area contributed by atoms with Gasteiger partial charge in [-0.1, -0.05) is 79.4 Å². The molecule has 1 atom stereocenters. The molecule has 43 heavy (non-hydrogen) atoms. The highest BCUT2D eigenvalue weighted by Gasteiger charge is 2.33. The maximum absolute atomic E-state index is 14.0. The lowest BCUT2D eigenvalue weighted by molar-refractivity contribution is -0.140. The van der Waals surface area contributed by atoms with Gasteiger partial charge in [0.05, 0.1) is 11.9 Å². The molecule has 1 aliphatic rings. The van der Waals surface area contributed by atoms with Crippen molar-refractivity contribution in [3.63, 3.8) is 0 Å². The minimum Gasteiger partial charge on any atom is -0.489 e. The van der Waals surface area contributed by atoms with Gasteiger partial charge < -0.3 is 15.0 Å². The van der Waals surface area contributed by atoms with Crippen molar-refractivity contribution in [2.24, 2.45) is 0 Å². The molecule has 1 fully saturated rings. The number of nitrogens with one attached hydrogen (secondary N) is 1. The fraction of sp³-hybridized carbons (Fsp3) is 0.375. The first kappa shape index (κ1) is 32.6. The quantitative estimate of drug-likeness (QED) is 0.239. The van der Waals surface area contributed by atoms with Gasteiger partial charge in [0.15, 0.2) is 0 Å². The molecule has 8 nitrogen and oxygen atoms in total. The topological polar surface area (TPSA) is 96.0 Å². The van der Waals surface area contributed by atoms with Crippen molar-refractivity contribution in [1.29, 1.82) is 0 Å². The first-order chi connectivity index (χ1) is 20.6. The van der Waals surface area contributed by atoms with Crippen molar-refractivity contribution in [3.8, 4) is 5.75 Å². The fourth-order valence-corrected chi connectivity index (χ4v) is 6.57. The van der Waals surface area contributed by atoms with Crippen molar-refractivity contribution >= 4 is 50.7 Å². The Labute approximate surface area is 264 Å². The predicted octanol–water partition coefficient (Wildman–Crippen LogP) is 6.20. The molecule has 11 heteroatoms. The van der Waals surface area contributed by atoms with Crippen LogP contribution in [0.1, 0.15) is 50.2 Å². The molecule has 2 amide bonds. The molecule has 0 heterocycles. The van der Waals surface area contributed by atoms with E-state index in [0.717, 1.165) is 41.8 Å². The lowest BCUT2D eigenvalue weighted by Gasteiger charge is -2.33. The van der Waals surface area contributed by atoms with E-state index in [1.54, 1.807) is 42.5 Å². The monoisotopic (exact) mass is 645 g/mol. The molecule has 4 rings (SSSR count). The number of halogens is 2. The molecule has 0 spiro atoms. The maximum Gasteiger partial charge on any atom is 0.244 e. The third-order valence-electron chi connectivity index (χ3n) is 7.53. The summed E-state index contributed by atoms with van der Waals surface area (Å²) >= 11 is 12.9. The third-order valence-corrected chi connectivity index (χ3v) is 9.38. The van der Waals surface area contributed by atoms with E-state index in [4.69, 9.17) is 27.9 Å². The minimum atomic E-state index is -3.88. The lowest BCUT2D eigenvalue weighted by Crippen LogP contribution is -2.53. The van der Waals surface area contributed by atoms with Gasteiger partial charge in [-0.25, -0.2) is 8.42 Å². The highest BCUT2D eigenvalue weighted by atomic mass is 35.5. The second-order valence-corrected chi connectivity index (χ2v) is 13.4.